The second-order valence-electron chi connectivity index (χ2n) is 4.49. The molecule has 0 saturated carbocycles. The Morgan fingerprint density at radius 2 is 1.86 bits per heavy atom. The highest BCUT2D eigenvalue weighted by Crippen LogP contribution is 2.30. The van der Waals surface area contributed by atoms with Gasteiger partial charge in [-0.05, 0) is 24.3 Å². The fourth-order valence-electron chi connectivity index (χ4n) is 2.08. The molecule has 0 amide bonds. The Labute approximate surface area is 130 Å². The lowest BCUT2D eigenvalue weighted by atomic mass is 10.1. The van der Waals surface area contributed by atoms with Crippen molar-refractivity contribution < 1.29 is 4.74 Å². The van der Waals surface area contributed by atoms with Crippen molar-refractivity contribution >= 4 is 26.8 Å². The van der Waals surface area contributed by atoms with Crippen molar-refractivity contribution in [2.24, 2.45) is 0 Å². The van der Waals surface area contributed by atoms with Gasteiger partial charge in [-0.3, -0.25) is 0 Å². The number of pyridine rings is 1. The molecule has 0 fully saturated rings. The van der Waals surface area contributed by atoms with Crippen LogP contribution in [0, 0.1) is 11.3 Å². The van der Waals surface area contributed by atoms with E-state index in [0.29, 0.717) is 22.5 Å². The number of nitriles is 1. The van der Waals surface area contributed by atoms with Gasteiger partial charge in [-0.15, -0.1) is 0 Å². The number of aromatic nitrogens is 1. The van der Waals surface area contributed by atoms with E-state index in [1.165, 1.54) is 0 Å². The molecular weight excluding hydrogens is 328 g/mol. The van der Waals surface area contributed by atoms with E-state index in [4.69, 9.17) is 10.00 Å². The van der Waals surface area contributed by atoms with E-state index in [2.05, 4.69) is 27.0 Å². The second-order valence-corrected chi connectivity index (χ2v) is 5.05. The fourth-order valence-corrected chi connectivity index (χ4v) is 2.48. The number of alkyl halides is 1. The maximum absolute atomic E-state index is 9.14. The van der Waals surface area contributed by atoms with Crippen LogP contribution in [0.3, 0.4) is 0 Å². The number of rotatable bonds is 3. The Kier molecular flexibility index (Phi) is 3.85. The van der Waals surface area contributed by atoms with Crippen molar-refractivity contribution in [3.05, 3.63) is 65.7 Å². The zero-order chi connectivity index (χ0) is 14.7. The number of nitrogens with zero attached hydrogens (tertiary/aromatic N) is 2. The molecule has 1 aromatic heterocycles. The highest BCUT2D eigenvalue weighted by Gasteiger charge is 2.10. The third-order valence-corrected chi connectivity index (χ3v) is 3.73. The molecule has 2 aromatic carbocycles. The molecule has 0 radical (unpaired) electrons. The van der Waals surface area contributed by atoms with E-state index in [0.717, 1.165) is 16.5 Å². The van der Waals surface area contributed by atoms with Crippen molar-refractivity contribution in [1.82, 2.24) is 4.98 Å². The minimum absolute atomic E-state index is 0.494. The van der Waals surface area contributed by atoms with Crippen LogP contribution in [0.1, 0.15) is 11.1 Å². The van der Waals surface area contributed by atoms with Gasteiger partial charge in [0.1, 0.15) is 11.8 Å². The maximum Gasteiger partial charge on any atom is 0.223 e. The maximum atomic E-state index is 9.14. The van der Waals surface area contributed by atoms with E-state index in [1.807, 2.05) is 42.5 Å². The van der Waals surface area contributed by atoms with Crippen LogP contribution in [0.4, 0.5) is 0 Å². The molecule has 0 N–H and O–H groups in total. The van der Waals surface area contributed by atoms with Crippen LogP contribution < -0.4 is 4.74 Å². The highest BCUT2D eigenvalue weighted by atomic mass is 79.9. The number of ether oxygens (including phenoxy) is 1. The first-order valence-electron chi connectivity index (χ1n) is 6.43. The monoisotopic (exact) mass is 338 g/mol. The van der Waals surface area contributed by atoms with Gasteiger partial charge >= 0.3 is 0 Å². The van der Waals surface area contributed by atoms with E-state index >= 15 is 0 Å². The summed E-state index contributed by atoms with van der Waals surface area (Å²) in [7, 11) is 0. The van der Waals surface area contributed by atoms with Crippen molar-refractivity contribution in [1.29, 1.82) is 5.26 Å². The smallest absolute Gasteiger partial charge is 0.223 e. The van der Waals surface area contributed by atoms with Crippen LogP contribution in [-0.2, 0) is 5.33 Å². The van der Waals surface area contributed by atoms with Crippen molar-refractivity contribution in [2.45, 2.75) is 5.33 Å². The van der Waals surface area contributed by atoms with Gasteiger partial charge in [-0.25, -0.2) is 4.98 Å². The lowest BCUT2D eigenvalue weighted by Crippen LogP contribution is -1.95. The number of halogens is 1. The molecule has 0 aliphatic rings. The summed E-state index contributed by atoms with van der Waals surface area (Å²) in [6.45, 7) is 0. The largest absolute Gasteiger partial charge is 0.437 e. The predicted molar refractivity (Wildman–Crippen MR) is 85.6 cm³/mol. The first kappa shape index (κ1) is 13.6. The average Bonchev–Trinajstić information content (AvgIpc) is 2.54. The van der Waals surface area contributed by atoms with Gasteiger partial charge in [0.05, 0.1) is 11.1 Å². The first-order valence-corrected chi connectivity index (χ1v) is 7.55. The number of benzene rings is 2. The summed E-state index contributed by atoms with van der Waals surface area (Å²) < 4.78 is 5.87. The number of hydrogen-bond donors (Lipinski definition) is 0. The molecule has 0 aliphatic heterocycles. The Morgan fingerprint density at radius 3 is 2.67 bits per heavy atom. The summed E-state index contributed by atoms with van der Waals surface area (Å²) in [5, 5.41) is 10.8. The van der Waals surface area contributed by atoms with Crippen LogP contribution in [0.2, 0.25) is 0 Å². The van der Waals surface area contributed by atoms with Gasteiger partial charge < -0.3 is 4.74 Å². The Hall–Kier alpha value is -2.38. The Bertz CT molecular complexity index is 840. The molecule has 0 saturated heterocycles. The van der Waals surface area contributed by atoms with Crippen LogP contribution in [-0.4, -0.2) is 4.98 Å². The first-order chi connectivity index (χ1) is 10.3. The topological polar surface area (TPSA) is 45.9 Å². The van der Waals surface area contributed by atoms with Crippen LogP contribution in [0.5, 0.6) is 11.6 Å². The molecule has 0 spiro atoms. The van der Waals surface area contributed by atoms with Gasteiger partial charge in [-0.1, -0.05) is 46.3 Å². The van der Waals surface area contributed by atoms with Gasteiger partial charge in [0.25, 0.3) is 0 Å². The molecule has 4 heteroatoms. The van der Waals surface area contributed by atoms with Crippen LogP contribution in [0.15, 0.2) is 54.6 Å². The molecule has 1 heterocycles. The molecular formula is C17H11BrN2O. The van der Waals surface area contributed by atoms with E-state index in [-0.39, 0.29) is 0 Å². The van der Waals surface area contributed by atoms with E-state index in [1.54, 1.807) is 12.1 Å². The van der Waals surface area contributed by atoms with Crippen LogP contribution >= 0.6 is 15.9 Å². The van der Waals surface area contributed by atoms with Gasteiger partial charge in [0.15, 0.2) is 0 Å². The SMILES string of the molecule is N#Cc1ccccc1Oc1nc2ccccc2cc1CBr. The van der Waals surface area contributed by atoms with Gasteiger partial charge in [-0.2, -0.15) is 5.26 Å². The Morgan fingerprint density at radius 1 is 1.10 bits per heavy atom. The minimum Gasteiger partial charge on any atom is -0.437 e. The van der Waals surface area contributed by atoms with Gasteiger partial charge in [0, 0.05) is 16.3 Å². The lowest BCUT2D eigenvalue weighted by molar-refractivity contribution is 0.459. The highest BCUT2D eigenvalue weighted by molar-refractivity contribution is 9.08. The molecule has 0 bridgehead atoms. The van der Waals surface area contributed by atoms with Crippen LogP contribution in [0.25, 0.3) is 10.9 Å². The summed E-state index contributed by atoms with van der Waals surface area (Å²) >= 11 is 3.46. The lowest BCUT2D eigenvalue weighted by Gasteiger charge is -2.11. The predicted octanol–water partition coefficient (Wildman–Crippen LogP) is 4.79. The third kappa shape index (κ3) is 2.74. The average molecular weight is 339 g/mol. The standard InChI is InChI=1S/C17H11BrN2O/c18-10-14-9-12-5-1-3-7-15(12)20-17(14)21-16-8-4-2-6-13(16)11-19/h1-9H,10H2. The number of hydrogen-bond acceptors (Lipinski definition) is 3. The molecule has 3 nitrogen and oxygen atoms in total. The summed E-state index contributed by atoms with van der Waals surface area (Å²) in [4.78, 5) is 4.56. The summed E-state index contributed by atoms with van der Waals surface area (Å²) in [5.41, 5.74) is 2.31. The molecule has 3 rings (SSSR count). The quantitative estimate of drug-likeness (QED) is 0.644. The number of para-hydroxylation sites is 2. The summed E-state index contributed by atoms with van der Waals surface area (Å²) in [6, 6.07) is 19.2. The van der Waals surface area contributed by atoms with Gasteiger partial charge in [0.2, 0.25) is 5.88 Å². The fraction of sp³-hybridized carbons (Fsp3) is 0.0588. The molecule has 3 aromatic rings. The Balaban J connectivity index is 2.09. The molecule has 0 unspecified atom stereocenters. The summed E-state index contributed by atoms with van der Waals surface area (Å²) in [5.74, 6) is 1.04. The van der Waals surface area contributed by atoms with Crippen molar-refractivity contribution in [3.63, 3.8) is 0 Å². The van der Waals surface area contributed by atoms with E-state index < -0.39 is 0 Å². The normalized spacial score (nSPS) is 10.3. The van der Waals surface area contributed by atoms with Crippen molar-refractivity contribution in [2.75, 3.05) is 0 Å². The molecule has 102 valence electrons. The number of fused-ring (bicyclic) bond motifs is 1. The van der Waals surface area contributed by atoms with Crippen molar-refractivity contribution in [3.8, 4) is 17.7 Å². The zero-order valence-electron chi connectivity index (χ0n) is 11.1. The molecule has 0 atom stereocenters. The van der Waals surface area contributed by atoms with E-state index in [9.17, 15) is 0 Å². The zero-order valence-corrected chi connectivity index (χ0v) is 12.7. The summed E-state index contributed by atoms with van der Waals surface area (Å²) in [6.07, 6.45) is 0. The molecule has 0 aliphatic carbocycles. The minimum atomic E-state index is 0.494. The molecule has 21 heavy (non-hydrogen) atoms. The third-order valence-electron chi connectivity index (χ3n) is 3.12. The second kappa shape index (κ2) is 5.94.